The molecule has 0 N–H and O–H groups in total. The molecule has 0 saturated heterocycles. The molecule has 0 aromatic heterocycles. The predicted octanol–water partition coefficient (Wildman–Crippen LogP) is -2.00. The Bertz CT molecular complexity index is 1650. The van der Waals surface area contributed by atoms with Gasteiger partial charge >= 0.3 is 296 Å². The Morgan fingerprint density at radius 2 is 0.740 bits per heavy atom. The van der Waals surface area contributed by atoms with E-state index < -0.39 is 13.1 Å². The van der Waals surface area contributed by atoms with E-state index in [-0.39, 0.29) is 37.2 Å². The molecule has 0 radical (unpaired) electrons. The van der Waals surface area contributed by atoms with E-state index in [1.165, 1.54) is 20.6 Å². The molecule has 1 aliphatic carbocycles. The average Bonchev–Trinajstić information content (AvgIpc) is 3.21. The third-order valence-corrected chi connectivity index (χ3v) is 18.8. The largest absolute Gasteiger partial charge is 1.00 e. The first-order valence-corrected chi connectivity index (χ1v) is 18.7. The second-order valence-corrected chi connectivity index (χ2v) is 17.8. The van der Waals surface area contributed by atoms with Crippen LogP contribution in [0.4, 0.5) is 0 Å². The van der Waals surface area contributed by atoms with Crippen LogP contribution in [0.5, 0.6) is 34.5 Å². The van der Waals surface area contributed by atoms with Crippen LogP contribution < -0.4 is 81.2 Å². The summed E-state index contributed by atoms with van der Waals surface area (Å²) in [6.07, 6.45) is 0. The van der Waals surface area contributed by atoms with Gasteiger partial charge in [-0.25, -0.2) is 0 Å². The summed E-state index contributed by atoms with van der Waals surface area (Å²) in [5.41, 5.74) is 10.1. The molecule has 0 spiro atoms. The first-order chi connectivity index (χ1) is 22.1. The normalized spacial score (nSPS) is 15.6. The molecule has 0 heterocycles. The number of benzene rings is 3. The zero-order valence-electron chi connectivity index (χ0n) is 32.3. The van der Waals surface area contributed by atoms with E-state index in [4.69, 9.17) is 28.4 Å². The molecule has 11 heteroatoms. The maximum atomic E-state index is 6.51. The van der Waals surface area contributed by atoms with Crippen LogP contribution in [0.1, 0.15) is 61.1 Å². The Kier molecular flexibility index (Phi) is 15.6. The van der Waals surface area contributed by atoms with Crippen molar-refractivity contribution in [3.8, 4) is 34.5 Å². The van der Waals surface area contributed by atoms with E-state index in [0.29, 0.717) is 0 Å². The van der Waals surface area contributed by atoms with Gasteiger partial charge in [-0.15, -0.1) is 0 Å². The number of halogens is 3. The van der Waals surface area contributed by atoms with Crippen molar-refractivity contribution < 1.29 is 86.1 Å². The molecule has 50 heavy (non-hydrogen) atoms. The Hall–Kier alpha value is -2.26. The van der Waals surface area contributed by atoms with Crippen molar-refractivity contribution in [2.45, 2.75) is 74.3 Å². The van der Waals surface area contributed by atoms with E-state index in [1.54, 1.807) is 42.7 Å². The van der Waals surface area contributed by atoms with E-state index >= 15 is 0 Å². The number of allylic oxidation sites excluding steroid dienone is 4. The second kappa shape index (κ2) is 17.0. The van der Waals surface area contributed by atoms with Crippen LogP contribution >= 0.6 is 0 Å². The van der Waals surface area contributed by atoms with Crippen LogP contribution in [0.25, 0.3) is 0 Å². The van der Waals surface area contributed by atoms with Crippen molar-refractivity contribution in [3.63, 3.8) is 0 Å². The predicted molar refractivity (Wildman–Crippen MR) is 191 cm³/mol. The number of hydrogen-bond acceptors (Lipinski definition) is 6. The third-order valence-electron chi connectivity index (χ3n) is 11.4. The van der Waals surface area contributed by atoms with E-state index in [9.17, 15) is 0 Å². The summed E-state index contributed by atoms with van der Waals surface area (Å²) in [4.78, 5) is 0. The van der Waals surface area contributed by atoms with Gasteiger partial charge in [0.25, 0.3) is 0 Å². The Morgan fingerprint density at radius 1 is 0.460 bits per heavy atom. The molecule has 3 aromatic rings. The van der Waals surface area contributed by atoms with Crippen molar-refractivity contribution in [1.29, 1.82) is 0 Å². The Balaban J connectivity index is 0.00000417. The van der Waals surface area contributed by atoms with Crippen molar-refractivity contribution in [2.75, 3.05) is 42.7 Å². The minimum Gasteiger partial charge on any atom is -1.00 e. The van der Waals surface area contributed by atoms with Gasteiger partial charge in [0.1, 0.15) is 0 Å². The molecule has 0 fully saturated rings. The quantitative estimate of drug-likeness (QED) is 0.175. The van der Waals surface area contributed by atoms with Crippen LogP contribution in [-0.2, 0) is 20.4 Å². The smallest absolute Gasteiger partial charge is 1.00 e. The minimum absolute atomic E-state index is 0. The molecular formula is C39H51Cl3O6SiTi. The second-order valence-electron chi connectivity index (χ2n) is 12.9. The van der Waals surface area contributed by atoms with Crippen molar-refractivity contribution in [2.24, 2.45) is 0 Å². The Labute approximate surface area is 331 Å². The molecule has 4 rings (SSSR count). The van der Waals surface area contributed by atoms with Gasteiger partial charge in [0.2, 0.25) is 0 Å². The topological polar surface area (TPSA) is 55.4 Å². The summed E-state index contributed by atoms with van der Waals surface area (Å²) in [6.45, 7) is 21.8. The van der Waals surface area contributed by atoms with Crippen molar-refractivity contribution >= 4 is 23.6 Å². The van der Waals surface area contributed by atoms with Crippen LogP contribution in [0, 0.1) is 41.5 Å². The van der Waals surface area contributed by atoms with Gasteiger partial charge in [0.05, 0.1) is 0 Å². The van der Waals surface area contributed by atoms with Gasteiger partial charge in [0.15, 0.2) is 0 Å². The summed E-state index contributed by atoms with van der Waals surface area (Å²) in [5, 5.41) is 2.67. The van der Waals surface area contributed by atoms with Gasteiger partial charge in [0, 0.05) is 0 Å². The van der Waals surface area contributed by atoms with Crippen LogP contribution in [0.15, 0.2) is 38.8 Å². The fourth-order valence-electron chi connectivity index (χ4n) is 7.97. The summed E-state index contributed by atoms with van der Waals surface area (Å²) in [6, 6.07) is 6.64. The van der Waals surface area contributed by atoms with E-state index in [2.05, 4.69) is 108 Å². The molecule has 1 aliphatic rings. The molecule has 6 nitrogen and oxygen atoms in total. The standard InChI is InChI=1S/C39H51O6Si.3ClH.Ti/c1-21-20-39(10,29(9)22(21)2)46(33-17-30(40-11)23(3)26(6)36(33)43-14,34-18-31(41-12)24(4)27(7)37(34)44-15)35-19-32(42-13)25(5)28(8)38(35)45-16;;;;/h17-19H,1-16H3;3*1H;/q;;;;+3/p-3. The SMILES string of the molecule is COc1cc([Si](c2cc(OC)c(C)c(C)c2OC)(c2cc(OC)c(C)c(C)c2OC)C2(C)C(C)=C(C)C(C)=[C]2[Ti+3])c(OC)c(C)c1C.[Cl-].[Cl-].[Cl-]. The van der Waals surface area contributed by atoms with Crippen molar-refractivity contribution in [1.82, 2.24) is 0 Å². The zero-order chi connectivity index (χ0) is 35.3. The first kappa shape index (κ1) is 45.8. The van der Waals surface area contributed by atoms with E-state index in [0.717, 1.165) is 83.4 Å². The molecular weight excluding hydrogens is 747 g/mol. The molecule has 0 amide bonds. The van der Waals surface area contributed by atoms with Gasteiger partial charge in [-0.3, -0.25) is 0 Å². The third kappa shape index (κ3) is 6.28. The monoisotopic (exact) mass is 796 g/mol. The number of hydrogen-bond donors (Lipinski definition) is 0. The summed E-state index contributed by atoms with van der Waals surface area (Å²) in [7, 11) is 6.97. The number of rotatable bonds is 10. The van der Waals surface area contributed by atoms with Gasteiger partial charge in [-0.2, -0.15) is 0 Å². The fourth-order valence-corrected chi connectivity index (χ4v) is 16.2. The summed E-state index contributed by atoms with van der Waals surface area (Å²) < 4.78 is 39.2. The minimum atomic E-state index is -3.56. The average molecular weight is 798 g/mol. The molecule has 0 aliphatic heterocycles. The molecule has 1 atom stereocenters. The van der Waals surface area contributed by atoms with E-state index in [1.807, 2.05) is 0 Å². The first-order valence-electron chi connectivity index (χ1n) is 15.9. The van der Waals surface area contributed by atoms with Crippen LogP contribution in [0.2, 0.25) is 5.04 Å². The fraction of sp³-hybridized carbons (Fsp3) is 0.436. The number of methoxy groups -OCH3 is 6. The molecule has 1 unspecified atom stereocenters. The zero-order valence-corrected chi connectivity index (χ0v) is 37.1. The Morgan fingerprint density at radius 3 is 0.940 bits per heavy atom. The maximum Gasteiger partial charge on any atom is -1.00 e. The molecule has 3 aromatic carbocycles. The van der Waals surface area contributed by atoms with Crippen LogP contribution in [-0.4, -0.2) is 50.7 Å². The summed E-state index contributed by atoms with van der Waals surface area (Å²) >= 11 is 2.29. The van der Waals surface area contributed by atoms with Gasteiger partial charge in [-0.05, 0) is 0 Å². The number of ether oxygens (including phenoxy) is 6. The van der Waals surface area contributed by atoms with Crippen LogP contribution in [0.3, 0.4) is 0 Å². The maximum absolute atomic E-state index is 6.51. The van der Waals surface area contributed by atoms with Crippen molar-refractivity contribution in [3.05, 3.63) is 72.2 Å². The molecule has 0 bridgehead atoms. The summed E-state index contributed by atoms with van der Waals surface area (Å²) in [5.74, 6) is 4.90. The van der Waals surface area contributed by atoms with Gasteiger partial charge in [-0.1, -0.05) is 0 Å². The molecule has 0 saturated carbocycles. The molecule has 272 valence electrons. The van der Waals surface area contributed by atoms with Gasteiger partial charge < -0.3 is 37.2 Å².